The maximum absolute atomic E-state index is 5.07. The summed E-state index contributed by atoms with van der Waals surface area (Å²) in [5.41, 5.74) is 10.2. The normalized spacial score (nSPS) is 11.5. The van der Waals surface area contributed by atoms with Crippen LogP contribution < -0.4 is 0 Å². The molecule has 0 saturated carbocycles. The van der Waals surface area contributed by atoms with E-state index in [1.165, 1.54) is 53.6 Å². The van der Waals surface area contributed by atoms with E-state index in [4.69, 9.17) is 15.0 Å². The highest BCUT2D eigenvalue weighted by Gasteiger charge is 2.19. The van der Waals surface area contributed by atoms with Crippen molar-refractivity contribution >= 4 is 42.4 Å². The molecule has 0 atom stereocenters. The van der Waals surface area contributed by atoms with Gasteiger partial charge in [-0.1, -0.05) is 152 Å². The molecular formula is C47H30N4S. The first-order valence-electron chi connectivity index (χ1n) is 17.4. The minimum atomic E-state index is 0.593. The highest BCUT2D eigenvalue weighted by molar-refractivity contribution is 7.27. The monoisotopic (exact) mass is 682 g/mol. The molecule has 0 bridgehead atoms. The third-order valence-corrected chi connectivity index (χ3v) is 10.9. The summed E-state index contributed by atoms with van der Waals surface area (Å²) in [6.07, 6.45) is 2.09. The van der Waals surface area contributed by atoms with Crippen molar-refractivity contribution in [2.24, 2.45) is 0 Å². The molecule has 5 heteroatoms. The maximum atomic E-state index is 5.07. The van der Waals surface area contributed by atoms with Crippen molar-refractivity contribution in [3.63, 3.8) is 0 Å². The molecule has 3 aromatic heterocycles. The van der Waals surface area contributed by atoms with E-state index in [-0.39, 0.29) is 0 Å². The molecule has 0 unspecified atom stereocenters. The average Bonchev–Trinajstić information content (AvgIpc) is 3.84. The molecular weight excluding hydrogens is 653 g/mol. The van der Waals surface area contributed by atoms with Crippen molar-refractivity contribution < 1.29 is 0 Å². The lowest BCUT2D eigenvalue weighted by molar-refractivity contribution is 0.935. The van der Waals surface area contributed by atoms with Gasteiger partial charge in [0.05, 0.1) is 10.2 Å². The Labute approximate surface area is 305 Å². The maximum Gasteiger partial charge on any atom is 0.238 e. The van der Waals surface area contributed by atoms with E-state index >= 15 is 0 Å². The van der Waals surface area contributed by atoms with Crippen molar-refractivity contribution in [1.29, 1.82) is 0 Å². The summed E-state index contributed by atoms with van der Waals surface area (Å²) in [6.45, 7) is 0. The number of fused-ring (bicyclic) bond motifs is 5. The minimum absolute atomic E-state index is 0.593. The Hall–Kier alpha value is -6.69. The summed E-state index contributed by atoms with van der Waals surface area (Å²) in [6, 6.07) is 61.9. The van der Waals surface area contributed by atoms with Gasteiger partial charge in [-0.15, -0.1) is 11.3 Å². The zero-order valence-electron chi connectivity index (χ0n) is 28.0. The van der Waals surface area contributed by atoms with Gasteiger partial charge in [-0.05, 0) is 57.6 Å². The number of hydrogen-bond donors (Lipinski definition) is 0. The molecule has 3 heterocycles. The number of thiophene rings is 1. The Balaban J connectivity index is 1.19. The summed E-state index contributed by atoms with van der Waals surface area (Å²) in [4.78, 5) is 15.1. The van der Waals surface area contributed by atoms with E-state index in [2.05, 4.69) is 126 Å². The number of rotatable bonds is 6. The van der Waals surface area contributed by atoms with E-state index in [9.17, 15) is 0 Å². The largest absolute Gasteiger partial charge is 0.284 e. The number of aromatic nitrogens is 4. The smallest absolute Gasteiger partial charge is 0.238 e. The van der Waals surface area contributed by atoms with Gasteiger partial charge in [0.1, 0.15) is 0 Å². The van der Waals surface area contributed by atoms with Crippen LogP contribution in [0.4, 0.5) is 0 Å². The van der Waals surface area contributed by atoms with Crippen LogP contribution in [0, 0.1) is 0 Å². The Bertz CT molecular complexity index is 2760. The van der Waals surface area contributed by atoms with Crippen LogP contribution in [0.25, 0.3) is 93.2 Å². The third kappa shape index (κ3) is 5.27. The van der Waals surface area contributed by atoms with Gasteiger partial charge in [-0.25, -0.2) is 4.98 Å². The second kappa shape index (κ2) is 12.6. The van der Waals surface area contributed by atoms with Crippen LogP contribution in [-0.4, -0.2) is 19.5 Å². The molecule has 52 heavy (non-hydrogen) atoms. The quantitative estimate of drug-likeness (QED) is 0.175. The van der Waals surface area contributed by atoms with Crippen molar-refractivity contribution in [2.75, 3.05) is 0 Å². The minimum Gasteiger partial charge on any atom is -0.284 e. The number of nitrogens with zero attached hydrogens (tertiary/aromatic N) is 4. The predicted octanol–water partition coefficient (Wildman–Crippen LogP) is 12.5. The van der Waals surface area contributed by atoms with Gasteiger partial charge in [0.2, 0.25) is 5.95 Å². The molecule has 0 aliphatic carbocycles. The SMILES string of the molecule is c1ccc(-c2cc(-c3ccccc3)cc(-c3cccc4c3sc3c4ccc4ccn(-c5nc(-c6ccccc6)nc(-c6ccccc6)n5)c43)c2)cc1. The summed E-state index contributed by atoms with van der Waals surface area (Å²) in [5.74, 6) is 1.88. The van der Waals surface area contributed by atoms with Crippen LogP contribution in [0.3, 0.4) is 0 Å². The third-order valence-electron chi connectivity index (χ3n) is 9.68. The fourth-order valence-corrected chi connectivity index (χ4v) is 8.54. The lowest BCUT2D eigenvalue weighted by Crippen LogP contribution is -2.05. The molecule has 0 fully saturated rings. The lowest BCUT2D eigenvalue weighted by atomic mass is 9.93. The van der Waals surface area contributed by atoms with Crippen LogP contribution in [0.1, 0.15) is 0 Å². The van der Waals surface area contributed by atoms with Crippen LogP contribution in [0.2, 0.25) is 0 Å². The van der Waals surface area contributed by atoms with Gasteiger partial charge in [0.15, 0.2) is 11.6 Å². The molecule has 0 amide bonds. The first-order chi connectivity index (χ1) is 25.8. The van der Waals surface area contributed by atoms with Crippen molar-refractivity contribution in [2.45, 2.75) is 0 Å². The molecule has 244 valence electrons. The fourth-order valence-electron chi connectivity index (χ4n) is 7.15. The second-order valence-electron chi connectivity index (χ2n) is 12.9. The van der Waals surface area contributed by atoms with Crippen molar-refractivity contribution in [3.8, 4) is 62.1 Å². The molecule has 0 spiro atoms. The fraction of sp³-hybridized carbons (Fsp3) is 0. The van der Waals surface area contributed by atoms with Crippen LogP contribution >= 0.6 is 11.3 Å². The molecule has 0 saturated heterocycles. The van der Waals surface area contributed by atoms with Crippen LogP contribution in [0.5, 0.6) is 0 Å². The zero-order valence-corrected chi connectivity index (χ0v) is 28.8. The first-order valence-corrected chi connectivity index (χ1v) is 18.2. The Morgan fingerprint density at radius 2 is 0.904 bits per heavy atom. The van der Waals surface area contributed by atoms with Gasteiger partial charge < -0.3 is 0 Å². The van der Waals surface area contributed by atoms with Crippen molar-refractivity contribution in [3.05, 3.63) is 182 Å². The number of benzene rings is 7. The Morgan fingerprint density at radius 1 is 0.385 bits per heavy atom. The van der Waals surface area contributed by atoms with E-state index in [1.807, 2.05) is 72.0 Å². The Morgan fingerprint density at radius 3 is 1.48 bits per heavy atom. The number of hydrogen-bond acceptors (Lipinski definition) is 4. The van der Waals surface area contributed by atoms with Gasteiger partial charge in [-0.3, -0.25) is 4.57 Å². The second-order valence-corrected chi connectivity index (χ2v) is 13.9. The molecule has 0 aliphatic heterocycles. The van der Waals surface area contributed by atoms with Crippen molar-refractivity contribution in [1.82, 2.24) is 19.5 Å². The van der Waals surface area contributed by atoms with E-state index in [0.717, 1.165) is 22.0 Å². The molecule has 10 rings (SSSR count). The molecule has 4 nitrogen and oxygen atoms in total. The highest BCUT2D eigenvalue weighted by Crippen LogP contribution is 2.44. The zero-order chi connectivity index (χ0) is 34.4. The van der Waals surface area contributed by atoms with Gasteiger partial charge in [0, 0.05) is 38.2 Å². The molecule has 7 aromatic carbocycles. The summed E-state index contributed by atoms with van der Waals surface area (Å²) in [5, 5.41) is 3.60. The van der Waals surface area contributed by atoms with Gasteiger partial charge in [0.25, 0.3) is 0 Å². The standard InChI is InChI=1S/C47H30N4S/c1-5-14-31(15-6-1)36-28-37(32-16-7-2-8-17-32)30-38(29-36)39-22-13-23-40-41-25-24-33-26-27-51(42(33)44(41)52-43(39)40)47-49-45(34-18-9-3-10-19-34)48-46(50-47)35-20-11-4-12-21-35/h1-30H. The van der Waals surface area contributed by atoms with Crippen LogP contribution in [-0.2, 0) is 0 Å². The topological polar surface area (TPSA) is 43.6 Å². The van der Waals surface area contributed by atoms with E-state index in [1.54, 1.807) is 0 Å². The predicted molar refractivity (Wildman–Crippen MR) is 217 cm³/mol. The van der Waals surface area contributed by atoms with Crippen LogP contribution in [0.15, 0.2) is 182 Å². The summed E-state index contributed by atoms with van der Waals surface area (Å²) < 4.78 is 4.60. The van der Waals surface area contributed by atoms with Gasteiger partial charge in [-0.2, -0.15) is 9.97 Å². The summed E-state index contributed by atoms with van der Waals surface area (Å²) in [7, 11) is 0. The molecule has 0 radical (unpaired) electrons. The molecule has 10 aromatic rings. The Kier molecular flexibility index (Phi) is 7.29. The lowest BCUT2D eigenvalue weighted by Gasteiger charge is -2.12. The highest BCUT2D eigenvalue weighted by atomic mass is 32.1. The van der Waals surface area contributed by atoms with E-state index < -0.39 is 0 Å². The molecule has 0 N–H and O–H groups in total. The molecule has 0 aliphatic rings. The average molecular weight is 683 g/mol. The van der Waals surface area contributed by atoms with E-state index in [0.29, 0.717) is 17.6 Å². The van der Waals surface area contributed by atoms with Gasteiger partial charge >= 0.3 is 0 Å². The summed E-state index contributed by atoms with van der Waals surface area (Å²) >= 11 is 1.84. The first kappa shape index (κ1) is 30.2.